The summed E-state index contributed by atoms with van der Waals surface area (Å²) in [5.74, 6) is 0.551. The van der Waals surface area contributed by atoms with Crippen molar-refractivity contribution in [1.29, 1.82) is 0 Å². The monoisotopic (exact) mass is 384 g/mol. The molecule has 0 aliphatic heterocycles. The molecule has 0 amide bonds. The van der Waals surface area contributed by atoms with E-state index in [-0.39, 0.29) is 0 Å². The van der Waals surface area contributed by atoms with Crippen LogP contribution in [0.3, 0.4) is 0 Å². The molecule has 0 aliphatic carbocycles. The van der Waals surface area contributed by atoms with E-state index in [2.05, 4.69) is 43.4 Å². The quantitative estimate of drug-likeness (QED) is 0.411. The molecular formula is C19H20N4O3S. The molecule has 1 heterocycles. The summed E-state index contributed by atoms with van der Waals surface area (Å²) < 4.78 is 4.35. The van der Waals surface area contributed by atoms with Crippen LogP contribution < -0.4 is 4.90 Å². The van der Waals surface area contributed by atoms with Crippen molar-refractivity contribution in [3.05, 3.63) is 87.7 Å². The van der Waals surface area contributed by atoms with Gasteiger partial charge in [0, 0.05) is 31.0 Å². The van der Waals surface area contributed by atoms with Crippen LogP contribution in [0.15, 0.2) is 60.7 Å². The van der Waals surface area contributed by atoms with Crippen LogP contribution in [-0.2, 0) is 24.3 Å². The van der Waals surface area contributed by atoms with Crippen LogP contribution in [0.1, 0.15) is 23.9 Å². The minimum Gasteiger partial charge on any atom is -0.338 e. The Morgan fingerprint density at radius 3 is 2.15 bits per heavy atom. The second-order valence-electron chi connectivity index (χ2n) is 6.16. The molecule has 0 fully saturated rings. The summed E-state index contributed by atoms with van der Waals surface area (Å²) in [4.78, 5) is 21.7. The lowest BCUT2D eigenvalue weighted by Gasteiger charge is -2.21. The molecule has 8 heteroatoms. The Balaban J connectivity index is 1.76. The zero-order valence-electron chi connectivity index (χ0n) is 14.9. The second-order valence-corrected chi connectivity index (χ2v) is 6.89. The van der Waals surface area contributed by atoms with E-state index in [1.165, 1.54) is 22.7 Å². The molecule has 7 nitrogen and oxygen atoms in total. The average molecular weight is 384 g/mol. The molecule has 0 bridgehead atoms. The predicted molar refractivity (Wildman–Crippen MR) is 104 cm³/mol. The molecule has 3 rings (SSSR count). The van der Waals surface area contributed by atoms with Gasteiger partial charge in [-0.05, 0) is 18.1 Å². The van der Waals surface area contributed by atoms with Gasteiger partial charge in [0.15, 0.2) is 0 Å². The smallest absolute Gasteiger partial charge is 0.294 e. The van der Waals surface area contributed by atoms with E-state index in [4.69, 9.17) is 0 Å². The molecule has 27 heavy (non-hydrogen) atoms. The Morgan fingerprint density at radius 2 is 1.63 bits per heavy atom. The molecule has 1 atom stereocenters. The minimum absolute atomic E-state index is 0.294. The number of anilines is 1. The van der Waals surface area contributed by atoms with E-state index in [1.807, 2.05) is 36.4 Å². The van der Waals surface area contributed by atoms with Crippen LogP contribution in [0, 0.1) is 10.1 Å². The number of rotatable bonds is 9. The van der Waals surface area contributed by atoms with Crippen molar-refractivity contribution in [3.8, 4) is 0 Å². The molecule has 0 spiro atoms. The van der Waals surface area contributed by atoms with Crippen LogP contribution in [0.2, 0.25) is 0 Å². The van der Waals surface area contributed by atoms with E-state index < -0.39 is 11.2 Å². The maximum absolute atomic E-state index is 10.5. The zero-order valence-corrected chi connectivity index (χ0v) is 15.7. The predicted octanol–water partition coefficient (Wildman–Crippen LogP) is 3.88. The molecule has 2 aromatic carbocycles. The third-order valence-electron chi connectivity index (χ3n) is 3.90. The summed E-state index contributed by atoms with van der Waals surface area (Å²) in [7, 11) is 0. The van der Waals surface area contributed by atoms with Gasteiger partial charge < -0.3 is 9.74 Å². The van der Waals surface area contributed by atoms with E-state index >= 15 is 0 Å². The van der Waals surface area contributed by atoms with Gasteiger partial charge in [-0.3, -0.25) is 0 Å². The summed E-state index contributed by atoms with van der Waals surface area (Å²) in [6.45, 7) is 3.03. The maximum atomic E-state index is 10.5. The first-order valence-electron chi connectivity index (χ1n) is 8.56. The lowest BCUT2D eigenvalue weighted by Crippen LogP contribution is -2.22. The Labute approximate surface area is 161 Å². The van der Waals surface area contributed by atoms with Crippen molar-refractivity contribution in [3.63, 3.8) is 0 Å². The average Bonchev–Trinajstić information content (AvgIpc) is 3.10. The molecule has 140 valence electrons. The Kier molecular flexibility index (Phi) is 6.32. The van der Waals surface area contributed by atoms with Crippen LogP contribution >= 0.6 is 11.5 Å². The van der Waals surface area contributed by atoms with Crippen LogP contribution in [0.25, 0.3) is 0 Å². The van der Waals surface area contributed by atoms with E-state index in [0.29, 0.717) is 25.3 Å². The van der Waals surface area contributed by atoms with Gasteiger partial charge in [-0.25, -0.2) is 4.98 Å². The van der Waals surface area contributed by atoms with Gasteiger partial charge >= 0.3 is 0 Å². The molecular weight excluding hydrogens is 364 g/mol. The first-order chi connectivity index (χ1) is 13.1. The van der Waals surface area contributed by atoms with Gasteiger partial charge in [0.25, 0.3) is 5.09 Å². The van der Waals surface area contributed by atoms with Gasteiger partial charge in [0.05, 0.1) is 0 Å². The minimum atomic E-state index is -0.783. The highest BCUT2D eigenvalue weighted by atomic mass is 32.1. The third-order valence-corrected chi connectivity index (χ3v) is 4.71. The van der Waals surface area contributed by atoms with Gasteiger partial charge in [-0.1, -0.05) is 60.7 Å². The zero-order chi connectivity index (χ0) is 19.1. The van der Waals surface area contributed by atoms with Crippen LogP contribution in [0.4, 0.5) is 5.13 Å². The van der Waals surface area contributed by atoms with Gasteiger partial charge in [0.2, 0.25) is 5.13 Å². The lowest BCUT2D eigenvalue weighted by atomic mass is 10.2. The molecule has 0 saturated carbocycles. The van der Waals surface area contributed by atoms with E-state index in [0.717, 1.165) is 5.13 Å². The molecule has 0 N–H and O–H groups in total. The Hall–Kier alpha value is -3.00. The van der Waals surface area contributed by atoms with Gasteiger partial charge in [0.1, 0.15) is 11.9 Å². The fourth-order valence-corrected chi connectivity index (χ4v) is 3.39. The van der Waals surface area contributed by atoms with Crippen molar-refractivity contribution >= 4 is 16.7 Å². The normalized spacial score (nSPS) is 11.7. The highest BCUT2D eigenvalue weighted by Crippen LogP contribution is 2.23. The van der Waals surface area contributed by atoms with Crippen molar-refractivity contribution < 1.29 is 9.92 Å². The molecule has 1 unspecified atom stereocenters. The summed E-state index contributed by atoms with van der Waals surface area (Å²) in [5, 5.41) is 10.5. The summed E-state index contributed by atoms with van der Waals surface area (Å²) in [6, 6.07) is 20.3. The summed E-state index contributed by atoms with van der Waals surface area (Å²) in [6.07, 6.45) is -0.290. The SMILES string of the molecule is CC(Cc1nsc(N(Cc2ccccc2)Cc2ccccc2)n1)O[N+](=O)[O-]. The second kappa shape index (κ2) is 9.09. The van der Waals surface area contributed by atoms with E-state index in [1.54, 1.807) is 6.92 Å². The Morgan fingerprint density at radius 1 is 1.07 bits per heavy atom. The molecule has 0 radical (unpaired) electrons. The standard InChI is InChI=1S/C19H20N4O3S/c1-15(26-23(24)25)12-18-20-19(27-21-18)22(13-16-8-4-2-5-9-16)14-17-10-6-3-7-11-17/h2-11,15H,12-14H2,1H3. The van der Waals surface area contributed by atoms with Crippen LogP contribution in [-0.4, -0.2) is 20.5 Å². The highest BCUT2D eigenvalue weighted by Gasteiger charge is 2.16. The first kappa shape index (κ1) is 18.8. The maximum Gasteiger partial charge on any atom is 0.294 e. The fourth-order valence-electron chi connectivity index (χ4n) is 2.70. The topological polar surface area (TPSA) is 81.4 Å². The largest absolute Gasteiger partial charge is 0.338 e. The molecule has 1 aromatic heterocycles. The molecule has 0 aliphatic rings. The van der Waals surface area contributed by atoms with Crippen molar-refractivity contribution in [2.24, 2.45) is 0 Å². The first-order valence-corrected chi connectivity index (χ1v) is 9.34. The number of benzene rings is 2. The Bertz CT molecular complexity index is 816. The molecule has 0 saturated heterocycles. The number of nitrogens with zero attached hydrogens (tertiary/aromatic N) is 4. The van der Waals surface area contributed by atoms with Crippen molar-refractivity contribution in [2.45, 2.75) is 32.5 Å². The highest BCUT2D eigenvalue weighted by molar-refractivity contribution is 7.09. The fraction of sp³-hybridized carbons (Fsp3) is 0.263. The van der Waals surface area contributed by atoms with Crippen molar-refractivity contribution in [2.75, 3.05) is 4.90 Å². The molecule has 3 aromatic rings. The number of aromatic nitrogens is 2. The van der Waals surface area contributed by atoms with Crippen LogP contribution in [0.5, 0.6) is 0 Å². The lowest BCUT2D eigenvalue weighted by molar-refractivity contribution is -0.767. The number of hydrogen-bond donors (Lipinski definition) is 0. The third kappa shape index (κ3) is 5.75. The number of hydrogen-bond acceptors (Lipinski definition) is 7. The van der Waals surface area contributed by atoms with E-state index in [9.17, 15) is 10.1 Å². The van der Waals surface area contributed by atoms with Gasteiger partial charge in [-0.2, -0.15) is 4.37 Å². The van der Waals surface area contributed by atoms with Gasteiger partial charge in [-0.15, -0.1) is 10.1 Å². The summed E-state index contributed by atoms with van der Waals surface area (Å²) >= 11 is 1.30. The summed E-state index contributed by atoms with van der Waals surface area (Å²) in [5.41, 5.74) is 2.35. The van der Waals surface area contributed by atoms with Crippen molar-refractivity contribution in [1.82, 2.24) is 9.36 Å².